The van der Waals surface area contributed by atoms with E-state index in [-0.39, 0.29) is 11.9 Å². The fourth-order valence-corrected chi connectivity index (χ4v) is 1.06. The molecule has 1 unspecified atom stereocenters. The van der Waals surface area contributed by atoms with Gasteiger partial charge in [-0.15, -0.1) is 5.10 Å². The highest BCUT2D eigenvalue weighted by molar-refractivity contribution is 5.83. The lowest BCUT2D eigenvalue weighted by Crippen LogP contribution is -2.41. The number of hydrogen-bond acceptors (Lipinski definition) is 3. The molecule has 1 N–H and O–H groups in total. The predicted molar refractivity (Wildman–Crippen MR) is 36.5 cm³/mol. The zero-order valence-electron chi connectivity index (χ0n) is 6.11. The van der Waals surface area contributed by atoms with E-state index in [0.717, 1.165) is 5.69 Å². The van der Waals surface area contributed by atoms with Gasteiger partial charge in [-0.2, -0.15) is 0 Å². The molecule has 2 heterocycles. The van der Waals surface area contributed by atoms with Crippen molar-refractivity contribution in [1.29, 1.82) is 0 Å². The summed E-state index contributed by atoms with van der Waals surface area (Å²) in [4.78, 5) is 10.5. The second kappa shape index (κ2) is 2.05. The van der Waals surface area contributed by atoms with Crippen LogP contribution in [0, 0.1) is 0 Å². The number of β-lactam (4-membered cyclic amide) rings is 1. The first-order valence-corrected chi connectivity index (χ1v) is 3.41. The van der Waals surface area contributed by atoms with Gasteiger partial charge in [-0.3, -0.25) is 9.48 Å². The van der Waals surface area contributed by atoms with Crippen molar-refractivity contribution in [2.45, 2.75) is 12.5 Å². The van der Waals surface area contributed by atoms with Crippen LogP contribution in [0.1, 0.15) is 18.2 Å². The van der Waals surface area contributed by atoms with E-state index >= 15 is 0 Å². The Hall–Kier alpha value is -1.39. The molecule has 1 aromatic rings. The molecule has 5 nitrogen and oxygen atoms in total. The zero-order valence-corrected chi connectivity index (χ0v) is 6.11. The van der Waals surface area contributed by atoms with E-state index < -0.39 is 0 Å². The molecule has 0 aromatic carbocycles. The summed E-state index contributed by atoms with van der Waals surface area (Å²) in [5.41, 5.74) is 0.840. The van der Waals surface area contributed by atoms with Crippen LogP contribution in [0.4, 0.5) is 0 Å². The van der Waals surface area contributed by atoms with Gasteiger partial charge in [0.25, 0.3) is 0 Å². The average Bonchev–Trinajstić information content (AvgIpc) is 2.29. The van der Waals surface area contributed by atoms with Gasteiger partial charge >= 0.3 is 0 Å². The molecule has 1 atom stereocenters. The van der Waals surface area contributed by atoms with Crippen LogP contribution < -0.4 is 5.32 Å². The van der Waals surface area contributed by atoms with Gasteiger partial charge < -0.3 is 5.32 Å². The summed E-state index contributed by atoms with van der Waals surface area (Å²) in [6, 6.07) is 0.0937. The number of hydrogen-bond donors (Lipinski definition) is 1. The molecule has 58 valence electrons. The highest BCUT2D eigenvalue weighted by atomic mass is 16.2. The van der Waals surface area contributed by atoms with E-state index in [0.29, 0.717) is 6.42 Å². The second-order valence-corrected chi connectivity index (χ2v) is 2.64. The predicted octanol–water partition coefficient (Wildman–Crippen LogP) is -0.624. The van der Waals surface area contributed by atoms with Crippen LogP contribution in [0.3, 0.4) is 0 Å². The minimum Gasteiger partial charge on any atom is -0.347 e. The molecular weight excluding hydrogens is 144 g/mol. The van der Waals surface area contributed by atoms with E-state index in [1.807, 2.05) is 6.20 Å². The van der Waals surface area contributed by atoms with E-state index in [2.05, 4.69) is 15.6 Å². The molecule has 0 spiro atoms. The second-order valence-electron chi connectivity index (χ2n) is 2.64. The Morgan fingerprint density at radius 2 is 2.55 bits per heavy atom. The largest absolute Gasteiger partial charge is 0.347 e. The number of carbonyl (C=O) groups is 1. The molecule has 1 aliphatic heterocycles. The van der Waals surface area contributed by atoms with Crippen molar-refractivity contribution in [3.8, 4) is 0 Å². The van der Waals surface area contributed by atoms with Crippen LogP contribution in [-0.4, -0.2) is 20.9 Å². The first-order chi connectivity index (χ1) is 5.25. The monoisotopic (exact) mass is 152 g/mol. The molecule has 5 heteroatoms. The summed E-state index contributed by atoms with van der Waals surface area (Å²) in [5.74, 6) is 0.0839. The molecule has 0 bridgehead atoms. The lowest BCUT2D eigenvalue weighted by atomic mass is 10.0. The SMILES string of the molecule is Cn1cc(C2CC(=O)N2)nn1. The summed E-state index contributed by atoms with van der Waals surface area (Å²) in [7, 11) is 1.80. The Morgan fingerprint density at radius 1 is 1.82 bits per heavy atom. The van der Waals surface area contributed by atoms with Crippen LogP contribution in [0.2, 0.25) is 0 Å². The van der Waals surface area contributed by atoms with Gasteiger partial charge in [0.15, 0.2) is 0 Å². The maximum absolute atomic E-state index is 10.5. The van der Waals surface area contributed by atoms with E-state index in [9.17, 15) is 4.79 Å². The Labute approximate surface area is 63.4 Å². The van der Waals surface area contributed by atoms with Gasteiger partial charge in [0.2, 0.25) is 5.91 Å². The van der Waals surface area contributed by atoms with Gasteiger partial charge in [-0.25, -0.2) is 0 Å². The van der Waals surface area contributed by atoms with Crippen LogP contribution in [0.25, 0.3) is 0 Å². The Morgan fingerprint density at radius 3 is 3.00 bits per heavy atom. The number of carbonyl (C=O) groups excluding carboxylic acids is 1. The number of aryl methyl sites for hydroxylation is 1. The maximum Gasteiger partial charge on any atom is 0.223 e. The topological polar surface area (TPSA) is 59.8 Å². The van der Waals surface area contributed by atoms with Crippen molar-refractivity contribution in [1.82, 2.24) is 20.3 Å². The van der Waals surface area contributed by atoms with Crippen molar-refractivity contribution in [3.05, 3.63) is 11.9 Å². The van der Waals surface area contributed by atoms with E-state index in [1.165, 1.54) is 0 Å². The lowest BCUT2D eigenvalue weighted by Gasteiger charge is -2.24. The first kappa shape index (κ1) is 6.33. The first-order valence-electron chi connectivity index (χ1n) is 3.41. The molecule has 1 aliphatic rings. The quantitative estimate of drug-likeness (QED) is 0.545. The maximum atomic E-state index is 10.5. The van der Waals surface area contributed by atoms with Crippen molar-refractivity contribution in [2.75, 3.05) is 0 Å². The molecule has 1 saturated heterocycles. The number of amides is 1. The van der Waals surface area contributed by atoms with Crippen molar-refractivity contribution in [3.63, 3.8) is 0 Å². The molecule has 11 heavy (non-hydrogen) atoms. The molecule has 0 saturated carbocycles. The fourth-order valence-electron chi connectivity index (χ4n) is 1.06. The lowest BCUT2D eigenvalue weighted by molar-refractivity contribution is -0.128. The summed E-state index contributed by atoms with van der Waals surface area (Å²) >= 11 is 0. The van der Waals surface area contributed by atoms with Gasteiger partial charge in [0, 0.05) is 7.05 Å². The van der Waals surface area contributed by atoms with Gasteiger partial charge in [-0.05, 0) is 0 Å². The summed E-state index contributed by atoms with van der Waals surface area (Å²) in [6.07, 6.45) is 2.35. The summed E-state index contributed by atoms with van der Waals surface area (Å²) < 4.78 is 1.62. The van der Waals surface area contributed by atoms with Gasteiger partial charge in [0.05, 0.1) is 18.7 Å². The Balaban J connectivity index is 2.12. The number of nitrogens with zero attached hydrogens (tertiary/aromatic N) is 3. The third kappa shape index (κ3) is 0.978. The number of aromatic nitrogens is 3. The summed E-state index contributed by atoms with van der Waals surface area (Å²) in [6.45, 7) is 0. The van der Waals surface area contributed by atoms with Gasteiger partial charge in [0.1, 0.15) is 5.69 Å². The molecule has 0 radical (unpaired) electrons. The number of rotatable bonds is 1. The minimum absolute atomic E-state index is 0.0839. The van der Waals surface area contributed by atoms with Crippen LogP contribution in [0.5, 0.6) is 0 Å². The molecular formula is C6H8N4O. The summed E-state index contributed by atoms with van der Waals surface area (Å²) in [5, 5.41) is 10.3. The minimum atomic E-state index is 0.0839. The molecule has 1 fully saturated rings. The third-order valence-corrected chi connectivity index (χ3v) is 1.70. The van der Waals surface area contributed by atoms with Crippen molar-refractivity contribution in [2.24, 2.45) is 7.05 Å². The standard InChI is InChI=1S/C6H8N4O/c1-10-3-5(8-9-10)4-2-6(11)7-4/h3-4H,2H2,1H3,(H,7,11). The van der Waals surface area contributed by atoms with Crippen LogP contribution in [0.15, 0.2) is 6.20 Å². The normalized spacial score (nSPS) is 22.6. The number of nitrogens with one attached hydrogen (secondary N) is 1. The third-order valence-electron chi connectivity index (χ3n) is 1.70. The molecule has 2 rings (SSSR count). The van der Waals surface area contributed by atoms with Crippen LogP contribution in [-0.2, 0) is 11.8 Å². The molecule has 1 amide bonds. The van der Waals surface area contributed by atoms with Gasteiger partial charge in [-0.1, -0.05) is 5.21 Å². The smallest absolute Gasteiger partial charge is 0.223 e. The highest BCUT2D eigenvalue weighted by Gasteiger charge is 2.28. The molecule has 0 aliphatic carbocycles. The van der Waals surface area contributed by atoms with E-state index in [4.69, 9.17) is 0 Å². The van der Waals surface area contributed by atoms with Crippen molar-refractivity contribution < 1.29 is 4.79 Å². The van der Waals surface area contributed by atoms with E-state index in [1.54, 1.807) is 11.7 Å². The fraction of sp³-hybridized carbons (Fsp3) is 0.500. The Bertz CT molecular complexity index is 285. The van der Waals surface area contributed by atoms with Crippen molar-refractivity contribution >= 4 is 5.91 Å². The Kier molecular flexibility index (Phi) is 1.18. The zero-order chi connectivity index (χ0) is 7.84. The van der Waals surface area contributed by atoms with Crippen LogP contribution >= 0.6 is 0 Å². The molecule has 1 aromatic heterocycles. The average molecular weight is 152 g/mol. The highest BCUT2D eigenvalue weighted by Crippen LogP contribution is 2.20.